The second-order valence-electron chi connectivity index (χ2n) is 3.31. The third-order valence-corrected chi connectivity index (χ3v) is 2.33. The van der Waals surface area contributed by atoms with Crippen molar-refractivity contribution < 1.29 is 9.63 Å². The van der Waals surface area contributed by atoms with Crippen LogP contribution in [-0.4, -0.2) is 10.7 Å². The minimum Gasteiger partial charge on any atom is -0.337 e. The van der Waals surface area contributed by atoms with Crippen LogP contribution in [0.5, 0.6) is 0 Å². The lowest BCUT2D eigenvalue weighted by molar-refractivity contribution is -0.141. The number of nitrogens with zero attached hydrogens (tertiary/aromatic N) is 1. The highest BCUT2D eigenvalue weighted by Gasteiger charge is 2.06. The van der Waals surface area contributed by atoms with Crippen LogP contribution >= 0.6 is 11.6 Å². The van der Waals surface area contributed by atoms with Crippen molar-refractivity contribution in [3.05, 3.63) is 47.6 Å². The highest BCUT2D eigenvalue weighted by molar-refractivity contribution is 6.30. The Labute approximate surface area is 98.2 Å². The standard InChI is InChI=1S/C12H10ClNO2/c1-9(15)16-14-8-2-3-12(14)10-4-6-11(13)7-5-10/h2-8H,1H3. The van der Waals surface area contributed by atoms with Crippen LogP contribution in [0.15, 0.2) is 42.6 Å². The van der Waals surface area contributed by atoms with Gasteiger partial charge in [-0.2, -0.15) is 4.73 Å². The van der Waals surface area contributed by atoms with Crippen LogP contribution in [0.25, 0.3) is 11.3 Å². The Hall–Kier alpha value is -1.74. The van der Waals surface area contributed by atoms with Gasteiger partial charge in [0.15, 0.2) is 0 Å². The van der Waals surface area contributed by atoms with Crippen molar-refractivity contribution in [1.29, 1.82) is 0 Å². The number of hydrogen-bond acceptors (Lipinski definition) is 2. The summed E-state index contributed by atoms with van der Waals surface area (Å²) in [5.41, 5.74) is 1.75. The zero-order valence-corrected chi connectivity index (χ0v) is 9.44. The molecule has 3 nitrogen and oxygen atoms in total. The molecule has 0 aliphatic carbocycles. The molecule has 1 aromatic carbocycles. The Kier molecular flexibility index (Phi) is 2.97. The fraction of sp³-hybridized carbons (Fsp3) is 0.0833. The van der Waals surface area contributed by atoms with E-state index in [0.717, 1.165) is 11.3 Å². The maximum Gasteiger partial charge on any atom is 0.329 e. The first-order chi connectivity index (χ1) is 7.66. The van der Waals surface area contributed by atoms with E-state index >= 15 is 0 Å². The molecule has 1 aromatic heterocycles. The molecule has 0 bridgehead atoms. The Morgan fingerprint density at radius 3 is 2.56 bits per heavy atom. The fourth-order valence-electron chi connectivity index (χ4n) is 1.43. The Balaban J connectivity index is 2.36. The van der Waals surface area contributed by atoms with Gasteiger partial charge in [0.1, 0.15) is 0 Å². The molecule has 2 aromatic rings. The van der Waals surface area contributed by atoms with E-state index in [1.807, 2.05) is 24.3 Å². The molecule has 0 saturated carbocycles. The van der Waals surface area contributed by atoms with E-state index in [4.69, 9.17) is 16.4 Å². The van der Waals surface area contributed by atoms with Crippen molar-refractivity contribution in [2.24, 2.45) is 0 Å². The third kappa shape index (κ3) is 2.25. The summed E-state index contributed by atoms with van der Waals surface area (Å²) in [6.45, 7) is 1.37. The van der Waals surface area contributed by atoms with Gasteiger partial charge >= 0.3 is 5.97 Å². The second kappa shape index (κ2) is 4.41. The SMILES string of the molecule is CC(=O)On1cccc1-c1ccc(Cl)cc1. The number of hydrogen-bond donors (Lipinski definition) is 0. The van der Waals surface area contributed by atoms with Crippen LogP contribution in [0.2, 0.25) is 5.02 Å². The average Bonchev–Trinajstić information content (AvgIpc) is 2.66. The normalized spacial score (nSPS) is 10.1. The molecule has 0 saturated heterocycles. The lowest BCUT2D eigenvalue weighted by Gasteiger charge is -2.07. The Morgan fingerprint density at radius 2 is 1.94 bits per heavy atom. The molecule has 0 aliphatic rings. The molecule has 0 amide bonds. The summed E-state index contributed by atoms with van der Waals surface area (Å²) in [5.74, 6) is -0.355. The summed E-state index contributed by atoms with van der Waals surface area (Å²) < 4.78 is 1.44. The maximum absolute atomic E-state index is 10.9. The monoisotopic (exact) mass is 235 g/mol. The van der Waals surface area contributed by atoms with Gasteiger partial charge in [0.05, 0.1) is 5.69 Å². The van der Waals surface area contributed by atoms with Crippen molar-refractivity contribution in [3.63, 3.8) is 0 Å². The molecule has 0 radical (unpaired) electrons. The second-order valence-corrected chi connectivity index (χ2v) is 3.75. The van der Waals surface area contributed by atoms with E-state index in [1.165, 1.54) is 11.7 Å². The van der Waals surface area contributed by atoms with Gasteiger partial charge in [-0.3, -0.25) is 0 Å². The van der Waals surface area contributed by atoms with Crippen LogP contribution in [0.3, 0.4) is 0 Å². The number of aromatic nitrogens is 1. The predicted molar refractivity (Wildman–Crippen MR) is 62.1 cm³/mol. The molecule has 0 spiro atoms. The number of halogens is 1. The predicted octanol–water partition coefficient (Wildman–Crippen LogP) is 2.78. The van der Waals surface area contributed by atoms with Crippen molar-refractivity contribution in [2.75, 3.05) is 0 Å². The Morgan fingerprint density at radius 1 is 1.25 bits per heavy atom. The van der Waals surface area contributed by atoms with E-state index in [1.54, 1.807) is 18.3 Å². The van der Waals surface area contributed by atoms with Crippen molar-refractivity contribution in [1.82, 2.24) is 4.73 Å². The minimum atomic E-state index is -0.355. The van der Waals surface area contributed by atoms with Crippen LogP contribution in [0.1, 0.15) is 6.92 Å². The topological polar surface area (TPSA) is 31.2 Å². The maximum atomic E-state index is 10.9. The number of carbonyl (C=O) groups is 1. The molecule has 0 N–H and O–H groups in total. The summed E-state index contributed by atoms with van der Waals surface area (Å²) in [6.07, 6.45) is 1.69. The number of carbonyl (C=O) groups excluding carboxylic acids is 1. The molecule has 4 heteroatoms. The zero-order valence-electron chi connectivity index (χ0n) is 8.68. The van der Waals surface area contributed by atoms with Crippen LogP contribution in [-0.2, 0) is 4.79 Å². The van der Waals surface area contributed by atoms with E-state index < -0.39 is 0 Å². The van der Waals surface area contributed by atoms with Gasteiger partial charge in [-0.25, -0.2) is 4.79 Å². The Bertz CT molecular complexity index is 502. The van der Waals surface area contributed by atoms with E-state index in [9.17, 15) is 4.79 Å². The molecule has 1 heterocycles. The zero-order chi connectivity index (χ0) is 11.5. The number of benzene rings is 1. The quantitative estimate of drug-likeness (QED) is 0.802. The van der Waals surface area contributed by atoms with Crippen molar-refractivity contribution >= 4 is 17.6 Å². The smallest absolute Gasteiger partial charge is 0.329 e. The first kappa shape index (κ1) is 10.8. The van der Waals surface area contributed by atoms with Gasteiger partial charge in [0.25, 0.3) is 0 Å². The number of rotatable bonds is 2. The average molecular weight is 236 g/mol. The summed E-state index contributed by atoms with van der Waals surface area (Å²) in [5, 5.41) is 0.675. The summed E-state index contributed by atoms with van der Waals surface area (Å²) in [7, 11) is 0. The highest BCUT2D eigenvalue weighted by Crippen LogP contribution is 2.21. The molecule has 0 atom stereocenters. The minimum absolute atomic E-state index is 0.355. The van der Waals surface area contributed by atoms with E-state index in [0.29, 0.717) is 5.02 Å². The molecule has 0 aliphatic heterocycles. The molecule has 16 heavy (non-hydrogen) atoms. The summed E-state index contributed by atoms with van der Waals surface area (Å²) in [6, 6.07) is 11.0. The molecule has 2 rings (SSSR count). The molecular weight excluding hydrogens is 226 g/mol. The van der Waals surface area contributed by atoms with Crippen LogP contribution < -0.4 is 4.84 Å². The summed E-state index contributed by atoms with van der Waals surface area (Å²) >= 11 is 5.81. The van der Waals surface area contributed by atoms with Gasteiger partial charge in [-0.05, 0) is 24.3 Å². The van der Waals surface area contributed by atoms with E-state index in [2.05, 4.69) is 0 Å². The van der Waals surface area contributed by atoms with E-state index in [-0.39, 0.29) is 5.97 Å². The van der Waals surface area contributed by atoms with Gasteiger partial charge < -0.3 is 4.84 Å². The van der Waals surface area contributed by atoms with Crippen molar-refractivity contribution in [2.45, 2.75) is 6.92 Å². The molecule has 82 valence electrons. The highest BCUT2D eigenvalue weighted by atomic mass is 35.5. The van der Waals surface area contributed by atoms with Crippen LogP contribution in [0, 0.1) is 0 Å². The van der Waals surface area contributed by atoms with Crippen LogP contribution in [0.4, 0.5) is 0 Å². The van der Waals surface area contributed by atoms with Gasteiger partial charge in [-0.1, -0.05) is 23.7 Å². The fourth-order valence-corrected chi connectivity index (χ4v) is 1.55. The third-order valence-electron chi connectivity index (χ3n) is 2.08. The lowest BCUT2D eigenvalue weighted by Crippen LogP contribution is -2.16. The first-order valence-corrected chi connectivity index (χ1v) is 5.17. The van der Waals surface area contributed by atoms with Gasteiger partial charge in [-0.15, -0.1) is 0 Å². The lowest BCUT2D eigenvalue weighted by atomic mass is 10.2. The summed E-state index contributed by atoms with van der Waals surface area (Å²) in [4.78, 5) is 15.9. The van der Waals surface area contributed by atoms with Gasteiger partial charge in [0, 0.05) is 23.7 Å². The van der Waals surface area contributed by atoms with Crippen molar-refractivity contribution in [3.8, 4) is 11.3 Å². The first-order valence-electron chi connectivity index (χ1n) is 4.79. The molecular formula is C12H10ClNO2. The van der Waals surface area contributed by atoms with Gasteiger partial charge in [0.2, 0.25) is 0 Å². The molecule has 0 unspecified atom stereocenters. The molecule has 0 fully saturated rings. The largest absolute Gasteiger partial charge is 0.337 e.